The van der Waals surface area contributed by atoms with Crippen molar-refractivity contribution < 1.29 is 4.92 Å². The van der Waals surface area contributed by atoms with E-state index in [4.69, 9.17) is 11.6 Å². The first-order valence-corrected chi connectivity index (χ1v) is 8.86. The summed E-state index contributed by atoms with van der Waals surface area (Å²) in [4.78, 5) is 13.1. The topological polar surface area (TPSA) is 58.4 Å². The van der Waals surface area contributed by atoms with Gasteiger partial charge in [0.15, 0.2) is 0 Å². The van der Waals surface area contributed by atoms with E-state index in [1.807, 2.05) is 0 Å². The maximum Gasteiger partial charge on any atom is 0.293 e. The van der Waals surface area contributed by atoms with E-state index in [1.165, 1.54) is 31.7 Å². The van der Waals surface area contributed by atoms with Gasteiger partial charge in [-0.05, 0) is 51.0 Å². The third-order valence-electron chi connectivity index (χ3n) is 3.78. The summed E-state index contributed by atoms with van der Waals surface area (Å²) in [7, 11) is 0. The summed E-state index contributed by atoms with van der Waals surface area (Å²) in [5, 5.41) is 14.6. The summed E-state index contributed by atoms with van der Waals surface area (Å²) >= 11 is 5.82. The second-order valence-electron chi connectivity index (χ2n) is 5.75. The zero-order valence-corrected chi connectivity index (χ0v) is 14.9. The third-order valence-corrected chi connectivity index (χ3v) is 4.01. The summed E-state index contributed by atoms with van der Waals surface area (Å²) in [6, 6.07) is 4.73. The Morgan fingerprint density at radius 2 is 1.74 bits per heavy atom. The number of nitrogens with zero attached hydrogens (tertiary/aromatic N) is 2. The van der Waals surface area contributed by atoms with Crippen LogP contribution in [0.25, 0.3) is 0 Å². The van der Waals surface area contributed by atoms with E-state index in [0.717, 1.165) is 32.6 Å². The Hall–Kier alpha value is -1.33. The van der Waals surface area contributed by atoms with Gasteiger partial charge in [0, 0.05) is 17.6 Å². The van der Waals surface area contributed by atoms with Gasteiger partial charge in [-0.2, -0.15) is 0 Å². The molecule has 0 heterocycles. The largest absolute Gasteiger partial charge is 0.379 e. The van der Waals surface area contributed by atoms with Crippen LogP contribution in [0.5, 0.6) is 0 Å². The molecule has 130 valence electrons. The first-order chi connectivity index (χ1) is 11.1. The molecular weight excluding hydrogens is 314 g/mol. The molecule has 5 nitrogen and oxygen atoms in total. The minimum atomic E-state index is -0.400. The highest BCUT2D eigenvalue weighted by molar-refractivity contribution is 6.30. The van der Waals surface area contributed by atoms with Crippen LogP contribution < -0.4 is 5.32 Å². The van der Waals surface area contributed by atoms with Crippen LogP contribution in [0.3, 0.4) is 0 Å². The Morgan fingerprint density at radius 1 is 1.13 bits per heavy atom. The first kappa shape index (κ1) is 19.7. The number of nitrogens with one attached hydrogen (secondary N) is 1. The van der Waals surface area contributed by atoms with Crippen molar-refractivity contribution in [2.75, 3.05) is 31.5 Å². The average molecular weight is 342 g/mol. The predicted molar refractivity (Wildman–Crippen MR) is 97.5 cm³/mol. The highest BCUT2D eigenvalue weighted by Crippen LogP contribution is 2.27. The van der Waals surface area contributed by atoms with Gasteiger partial charge < -0.3 is 10.2 Å². The molecule has 0 radical (unpaired) electrons. The van der Waals surface area contributed by atoms with Crippen LogP contribution in [0.4, 0.5) is 11.4 Å². The Kier molecular flexibility index (Phi) is 9.64. The van der Waals surface area contributed by atoms with Crippen LogP contribution >= 0.6 is 11.6 Å². The summed E-state index contributed by atoms with van der Waals surface area (Å²) in [5.74, 6) is 0. The van der Waals surface area contributed by atoms with Crippen molar-refractivity contribution in [2.45, 2.75) is 46.0 Å². The molecule has 0 saturated carbocycles. The Morgan fingerprint density at radius 3 is 2.30 bits per heavy atom. The molecular formula is C17H28ClN3O2. The zero-order valence-electron chi connectivity index (χ0n) is 14.2. The highest BCUT2D eigenvalue weighted by atomic mass is 35.5. The molecule has 0 aromatic heterocycles. The number of halogens is 1. The fourth-order valence-electron chi connectivity index (χ4n) is 2.43. The molecule has 0 aliphatic rings. The van der Waals surface area contributed by atoms with Crippen molar-refractivity contribution >= 4 is 23.0 Å². The lowest BCUT2D eigenvalue weighted by Crippen LogP contribution is -2.28. The van der Waals surface area contributed by atoms with Gasteiger partial charge in [0.25, 0.3) is 5.69 Å². The van der Waals surface area contributed by atoms with Crippen LogP contribution in [-0.2, 0) is 0 Å². The molecule has 0 unspecified atom stereocenters. The lowest BCUT2D eigenvalue weighted by molar-refractivity contribution is -0.383. The number of unbranched alkanes of at least 4 members (excludes halogenated alkanes) is 2. The molecule has 1 aromatic carbocycles. The van der Waals surface area contributed by atoms with Crippen molar-refractivity contribution in [3.8, 4) is 0 Å². The smallest absolute Gasteiger partial charge is 0.293 e. The molecule has 0 bridgehead atoms. The normalized spacial score (nSPS) is 11.0. The van der Waals surface area contributed by atoms with Crippen LogP contribution in [0.2, 0.25) is 5.02 Å². The second kappa shape index (κ2) is 11.2. The molecule has 0 aliphatic carbocycles. The number of anilines is 1. The van der Waals surface area contributed by atoms with Crippen molar-refractivity contribution in [1.82, 2.24) is 4.90 Å². The van der Waals surface area contributed by atoms with E-state index in [2.05, 4.69) is 24.1 Å². The number of hydrogen-bond acceptors (Lipinski definition) is 4. The van der Waals surface area contributed by atoms with Gasteiger partial charge in [0.1, 0.15) is 5.69 Å². The van der Waals surface area contributed by atoms with Crippen LogP contribution in [-0.4, -0.2) is 36.0 Å². The maximum absolute atomic E-state index is 11.1. The molecule has 0 aliphatic heterocycles. The first-order valence-electron chi connectivity index (χ1n) is 8.48. The number of nitro benzene ring substituents is 1. The van der Waals surface area contributed by atoms with Crippen molar-refractivity contribution in [2.24, 2.45) is 0 Å². The van der Waals surface area contributed by atoms with Crippen LogP contribution in [0.1, 0.15) is 46.0 Å². The summed E-state index contributed by atoms with van der Waals surface area (Å²) in [5.41, 5.74) is 0.569. The van der Waals surface area contributed by atoms with Gasteiger partial charge in [0.2, 0.25) is 0 Å². The quantitative estimate of drug-likeness (QED) is 0.332. The lowest BCUT2D eigenvalue weighted by atomic mass is 10.2. The fourth-order valence-corrected chi connectivity index (χ4v) is 2.60. The lowest BCUT2D eigenvalue weighted by Gasteiger charge is -2.22. The minimum Gasteiger partial charge on any atom is -0.379 e. The van der Waals surface area contributed by atoms with Gasteiger partial charge in [-0.25, -0.2) is 0 Å². The fraction of sp³-hybridized carbons (Fsp3) is 0.647. The number of benzene rings is 1. The van der Waals surface area contributed by atoms with Crippen LogP contribution in [0, 0.1) is 10.1 Å². The molecule has 23 heavy (non-hydrogen) atoms. The van der Waals surface area contributed by atoms with E-state index in [-0.39, 0.29) is 5.69 Å². The Balaban J connectivity index is 2.44. The second-order valence-corrected chi connectivity index (χ2v) is 6.18. The van der Waals surface area contributed by atoms with E-state index < -0.39 is 4.92 Å². The Bertz CT molecular complexity index is 475. The zero-order chi connectivity index (χ0) is 17.1. The van der Waals surface area contributed by atoms with Gasteiger partial charge in [0.05, 0.1) is 4.92 Å². The van der Waals surface area contributed by atoms with E-state index in [9.17, 15) is 10.1 Å². The van der Waals surface area contributed by atoms with Crippen molar-refractivity contribution in [3.05, 3.63) is 33.3 Å². The molecule has 1 rings (SSSR count). The van der Waals surface area contributed by atoms with Gasteiger partial charge in [-0.15, -0.1) is 0 Å². The van der Waals surface area contributed by atoms with Crippen LogP contribution in [0.15, 0.2) is 18.2 Å². The SMILES string of the molecule is CCCCN(CCCC)CCCNc1ccc(Cl)cc1[N+](=O)[O-]. The van der Waals surface area contributed by atoms with Crippen molar-refractivity contribution in [1.29, 1.82) is 0 Å². The standard InChI is InChI=1S/C17H28ClN3O2/c1-3-5-11-20(12-6-4-2)13-7-10-19-16-9-8-15(18)14-17(16)21(22)23/h8-9,14,19H,3-7,10-13H2,1-2H3. The Labute approximate surface area is 144 Å². The molecule has 1 N–H and O–H groups in total. The third kappa shape index (κ3) is 7.66. The average Bonchev–Trinajstić information content (AvgIpc) is 2.54. The van der Waals surface area contributed by atoms with E-state index in [0.29, 0.717) is 10.7 Å². The predicted octanol–water partition coefficient (Wildman–Crippen LogP) is 4.95. The summed E-state index contributed by atoms with van der Waals surface area (Å²) in [6.07, 6.45) is 5.82. The van der Waals surface area contributed by atoms with Gasteiger partial charge in [-0.1, -0.05) is 38.3 Å². The molecule has 0 atom stereocenters. The highest BCUT2D eigenvalue weighted by Gasteiger charge is 2.13. The minimum absolute atomic E-state index is 0.0336. The van der Waals surface area contributed by atoms with Crippen molar-refractivity contribution in [3.63, 3.8) is 0 Å². The van der Waals surface area contributed by atoms with Gasteiger partial charge >= 0.3 is 0 Å². The molecule has 0 amide bonds. The molecule has 6 heteroatoms. The molecule has 0 spiro atoms. The molecule has 0 saturated heterocycles. The monoisotopic (exact) mass is 341 g/mol. The molecule has 1 aromatic rings. The van der Waals surface area contributed by atoms with E-state index in [1.54, 1.807) is 12.1 Å². The summed E-state index contributed by atoms with van der Waals surface area (Å²) < 4.78 is 0. The van der Waals surface area contributed by atoms with Gasteiger partial charge in [-0.3, -0.25) is 10.1 Å². The van der Waals surface area contributed by atoms with E-state index >= 15 is 0 Å². The number of hydrogen-bond donors (Lipinski definition) is 1. The number of nitro groups is 1. The maximum atomic E-state index is 11.1. The number of rotatable bonds is 12. The summed E-state index contributed by atoms with van der Waals surface area (Å²) in [6.45, 7) is 8.43. The molecule has 0 fully saturated rings.